The van der Waals surface area contributed by atoms with Crippen LogP contribution in [0.3, 0.4) is 0 Å². The highest BCUT2D eigenvalue weighted by Crippen LogP contribution is 2.32. The highest BCUT2D eigenvalue weighted by molar-refractivity contribution is 6.07. The van der Waals surface area contributed by atoms with E-state index in [1.165, 1.54) is 0 Å². The van der Waals surface area contributed by atoms with Gasteiger partial charge in [0.05, 0.1) is 23.8 Å². The Kier molecular flexibility index (Phi) is 4.63. The van der Waals surface area contributed by atoms with Crippen molar-refractivity contribution in [2.45, 2.75) is 6.42 Å². The molecule has 1 aromatic heterocycles. The van der Waals surface area contributed by atoms with E-state index in [0.717, 1.165) is 52.8 Å². The van der Waals surface area contributed by atoms with E-state index in [1.807, 2.05) is 18.2 Å². The summed E-state index contributed by atoms with van der Waals surface area (Å²) in [5.74, 6) is 0.853. The predicted molar refractivity (Wildman–Crippen MR) is 97.5 cm³/mol. The van der Waals surface area contributed by atoms with E-state index in [0.29, 0.717) is 0 Å². The van der Waals surface area contributed by atoms with Gasteiger partial charge in [0.2, 0.25) is 0 Å². The second-order valence-electron chi connectivity index (χ2n) is 5.97. The highest BCUT2D eigenvalue weighted by Gasteiger charge is 2.09. The summed E-state index contributed by atoms with van der Waals surface area (Å²) in [5.41, 5.74) is 3.14. The van der Waals surface area contributed by atoms with Gasteiger partial charge in [-0.15, -0.1) is 0 Å². The van der Waals surface area contributed by atoms with E-state index < -0.39 is 0 Å². The van der Waals surface area contributed by atoms with E-state index in [9.17, 15) is 0 Å². The van der Waals surface area contributed by atoms with Gasteiger partial charge >= 0.3 is 0 Å². The first-order valence-electron chi connectivity index (χ1n) is 7.94. The largest absolute Gasteiger partial charge is 0.497 e. The van der Waals surface area contributed by atoms with Crippen molar-refractivity contribution in [2.24, 2.45) is 0 Å². The summed E-state index contributed by atoms with van der Waals surface area (Å²) in [6.07, 6.45) is 1.09. The van der Waals surface area contributed by atoms with Crippen LogP contribution in [0.2, 0.25) is 0 Å². The molecule has 0 amide bonds. The average Bonchev–Trinajstić information content (AvgIpc) is 2.57. The first-order chi connectivity index (χ1) is 11.2. The molecule has 0 saturated heterocycles. The van der Waals surface area contributed by atoms with Crippen LogP contribution in [0.4, 0.5) is 5.69 Å². The number of rotatable bonds is 6. The van der Waals surface area contributed by atoms with Gasteiger partial charge in [0.25, 0.3) is 0 Å². The molecule has 0 saturated carbocycles. The van der Waals surface area contributed by atoms with Crippen LogP contribution in [0.15, 0.2) is 42.5 Å². The Balaban J connectivity index is 2.04. The molecule has 0 fully saturated rings. The number of hydrogen-bond acceptors (Lipinski definition) is 4. The molecule has 4 nitrogen and oxygen atoms in total. The van der Waals surface area contributed by atoms with Gasteiger partial charge in [-0.3, -0.25) is 0 Å². The van der Waals surface area contributed by atoms with Gasteiger partial charge in [-0.2, -0.15) is 0 Å². The molecule has 0 aliphatic heterocycles. The molecular formula is C19H23N3O. The van der Waals surface area contributed by atoms with E-state index in [2.05, 4.69) is 48.6 Å². The lowest BCUT2D eigenvalue weighted by Crippen LogP contribution is -2.16. The third-order valence-corrected chi connectivity index (χ3v) is 3.97. The SMILES string of the molecule is COc1ccc2nc3ccccc3c(NCCCN(C)C)c2c1. The number of pyridine rings is 1. The van der Waals surface area contributed by atoms with Crippen molar-refractivity contribution in [2.75, 3.05) is 39.6 Å². The molecule has 3 aromatic rings. The number of anilines is 1. The normalized spacial score (nSPS) is 11.3. The molecule has 120 valence electrons. The fraction of sp³-hybridized carbons (Fsp3) is 0.316. The number of fused-ring (bicyclic) bond motifs is 2. The second kappa shape index (κ2) is 6.84. The number of hydrogen-bond donors (Lipinski definition) is 1. The summed E-state index contributed by atoms with van der Waals surface area (Å²) in [4.78, 5) is 6.97. The van der Waals surface area contributed by atoms with Crippen LogP contribution in [0.25, 0.3) is 21.8 Å². The Labute approximate surface area is 137 Å². The maximum atomic E-state index is 5.38. The van der Waals surface area contributed by atoms with Gasteiger partial charge in [-0.25, -0.2) is 4.98 Å². The lowest BCUT2D eigenvalue weighted by atomic mass is 10.1. The molecule has 23 heavy (non-hydrogen) atoms. The average molecular weight is 309 g/mol. The van der Waals surface area contributed by atoms with Crippen LogP contribution >= 0.6 is 0 Å². The zero-order chi connectivity index (χ0) is 16.2. The highest BCUT2D eigenvalue weighted by atomic mass is 16.5. The number of benzene rings is 2. The fourth-order valence-corrected chi connectivity index (χ4v) is 2.80. The van der Waals surface area contributed by atoms with Crippen LogP contribution in [0.1, 0.15) is 6.42 Å². The van der Waals surface area contributed by atoms with Crippen LogP contribution < -0.4 is 10.1 Å². The Hall–Kier alpha value is -2.33. The minimum absolute atomic E-state index is 0.853. The van der Waals surface area contributed by atoms with Crippen molar-refractivity contribution in [1.82, 2.24) is 9.88 Å². The molecule has 0 spiro atoms. The topological polar surface area (TPSA) is 37.4 Å². The Bertz CT molecular complexity index is 814. The molecular weight excluding hydrogens is 286 g/mol. The molecule has 3 rings (SSSR count). The quantitative estimate of drug-likeness (QED) is 0.556. The molecule has 0 bridgehead atoms. The van der Waals surface area contributed by atoms with Gasteiger partial charge in [0.15, 0.2) is 0 Å². The number of nitrogens with one attached hydrogen (secondary N) is 1. The summed E-state index contributed by atoms with van der Waals surface area (Å²) >= 11 is 0. The van der Waals surface area contributed by atoms with Crippen molar-refractivity contribution in [1.29, 1.82) is 0 Å². The lowest BCUT2D eigenvalue weighted by molar-refractivity contribution is 0.405. The minimum Gasteiger partial charge on any atom is -0.497 e. The maximum Gasteiger partial charge on any atom is 0.119 e. The number of ether oxygens (including phenoxy) is 1. The minimum atomic E-state index is 0.853. The molecule has 4 heteroatoms. The third kappa shape index (κ3) is 3.37. The van der Waals surface area contributed by atoms with Crippen molar-refractivity contribution < 1.29 is 4.74 Å². The van der Waals surface area contributed by atoms with Gasteiger partial charge in [0.1, 0.15) is 5.75 Å². The molecule has 0 aliphatic carbocycles. The van der Waals surface area contributed by atoms with Gasteiger partial charge in [0, 0.05) is 17.3 Å². The molecule has 0 radical (unpaired) electrons. The number of aromatic nitrogens is 1. The van der Waals surface area contributed by atoms with Crippen molar-refractivity contribution >= 4 is 27.5 Å². The van der Waals surface area contributed by atoms with Crippen molar-refractivity contribution in [3.63, 3.8) is 0 Å². The van der Waals surface area contributed by atoms with E-state index in [1.54, 1.807) is 7.11 Å². The second-order valence-corrected chi connectivity index (χ2v) is 5.97. The summed E-state index contributed by atoms with van der Waals surface area (Å²) in [5, 5.41) is 5.87. The molecule has 1 heterocycles. The van der Waals surface area contributed by atoms with Crippen molar-refractivity contribution in [3.05, 3.63) is 42.5 Å². The molecule has 1 N–H and O–H groups in total. The third-order valence-electron chi connectivity index (χ3n) is 3.97. The van der Waals surface area contributed by atoms with E-state index in [-0.39, 0.29) is 0 Å². The molecule has 0 atom stereocenters. The summed E-state index contributed by atoms with van der Waals surface area (Å²) < 4.78 is 5.38. The first kappa shape index (κ1) is 15.6. The summed E-state index contributed by atoms with van der Waals surface area (Å²) in [6, 6.07) is 14.3. The maximum absolute atomic E-state index is 5.38. The van der Waals surface area contributed by atoms with Crippen molar-refractivity contribution in [3.8, 4) is 5.75 Å². The molecule has 0 unspecified atom stereocenters. The van der Waals surface area contributed by atoms with Gasteiger partial charge in [-0.1, -0.05) is 18.2 Å². The van der Waals surface area contributed by atoms with Crippen LogP contribution in [-0.4, -0.2) is 44.2 Å². The Morgan fingerprint density at radius 1 is 1.04 bits per heavy atom. The standard InChI is InChI=1S/C19H23N3O/c1-22(2)12-6-11-20-19-15-7-4-5-8-17(15)21-18-10-9-14(23-3)13-16(18)19/h4-5,7-10,13H,6,11-12H2,1-3H3,(H,20,21). The summed E-state index contributed by atoms with van der Waals surface area (Å²) in [6.45, 7) is 2.00. The Morgan fingerprint density at radius 3 is 2.61 bits per heavy atom. The zero-order valence-corrected chi connectivity index (χ0v) is 14.0. The van der Waals surface area contributed by atoms with Crippen LogP contribution in [0.5, 0.6) is 5.75 Å². The lowest BCUT2D eigenvalue weighted by Gasteiger charge is -2.15. The number of nitrogens with zero attached hydrogens (tertiary/aromatic N) is 2. The van der Waals surface area contributed by atoms with Crippen LogP contribution in [0, 0.1) is 0 Å². The van der Waals surface area contributed by atoms with Crippen LogP contribution in [-0.2, 0) is 0 Å². The number of para-hydroxylation sites is 1. The predicted octanol–water partition coefficient (Wildman–Crippen LogP) is 3.76. The smallest absolute Gasteiger partial charge is 0.119 e. The fourth-order valence-electron chi connectivity index (χ4n) is 2.80. The molecule has 2 aromatic carbocycles. The van der Waals surface area contributed by atoms with Gasteiger partial charge in [-0.05, 0) is 51.3 Å². The van der Waals surface area contributed by atoms with E-state index >= 15 is 0 Å². The van der Waals surface area contributed by atoms with E-state index in [4.69, 9.17) is 9.72 Å². The summed E-state index contributed by atoms with van der Waals surface area (Å²) in [7, 11) is 5.89. The number of methoxy groups -OCH3 is 1. The molecule has 0 aliphatic rings. The Morgan fingerprint density at radius 2 is 1.83 bits per heavy atom. The zero-order valence-electron chi connectivity index (χ0n) is 14.0. The monoisotopic (exact) mass is 309 g/mol. The first-order valence-corrected chi connectivity index (χ1v) is 7.94. The van der Waals surface area contributed by atoms with Gasteiger partial charge < -0.3 is 15.0 Å².